The first-order valence-electron chi connectivity index (χ1n) is 7.50. The minimum absolute atomic E-state index is 0.184. The van der Waals surface area contributed by atoms with Crippen LogP contribution in [0.25, 0.3) is 10.9 Å². The number of H-pyrrole nitrogens is 1. The quantitative estimate of drug-likeness (QED) is 0.634. The van der Waals surface area contributed by atoms with E-state index in [9.17, 15) is 9.59 Å². The summed E-state index contributed by atoms with van der Waals surface area (Å²) in [5, 5.41) is 4.15. The number of aromatic nitrogens is 1. The van der Waals surface area contributed by atoms with Crippen molar-refractivity contribution >= 4 is 22.7 Å². The van der Waals surface area contributed by atoms with Crippen LogP contribution in [-0.2, 0) is 16.0 Å². The average Bonchev–Trinajstić information content (AvgIpc) is 3.12. The normalized spacial score (nSPS) is 21.0. The summed E-state index contributed by atoms with van der Waals surface area (Å²) < 4.78 is 0. The first-order chi connectivity index (χ1) is 10.6. The fraction of sp³-hybridized carbons (Fsp3) is 0.375. The van der Waals surface area contributed by atoms with E-state index in [1.807, 2.05) is 30.5 Å². The SMILES string of the molecule is CC1CNC(C(=O)NNC(=O)Cc2c[nH]c3ccccc23)C1. The Hall–Kier alpha value is -2.34. The third-order valence-corrected chi connectivity index (χ3v) is 4.02. The van der Waals surface area contributed by atoms with Crippen molar-refractivity contribution in [2.75, 3.05) is 6.54 Å². The smallest absolute Gasteiger partial charge is 0.255 e. The number of para-hydroxylation sites is 1. The predicted octanol–water partition coefficient (Wildman–Crippen LogP) is 0.856. The van der Waals surface area contributed by atoms with Crippen molar-refractivity contribution in [1.29, 1.82) is 0 Å². The van der Waals surface area contributed by atoms with E-state index in [0.29, 0.717) is 5.92 Å². The number of rotatable bonds is 3. The molecule has 1 saturated heterocycles. The van der Waals surface area contributed by atoms with Gasteiger partial charge < -0.3 is 10.3 Å². The highest BCUT2D eigenvalue weighted by Gasteiger charge is 2.26. The van der Waals surface area contributed by atoms with Crippen molar-refractivity contribution in [1.82, 2.24) is 21.2 Å². The lowest BCUT2D eigenvalue weighted by molar-refractivity contribution is -0.129. The van der Waals surface area contributed by atoms with E-state index >= 15 is 0 Å². The van der Waals surface area contributed by atoms with Crippen molar-refractivity contribution in [2.24, 2.45) is 5.92 Å². The van der Waals surface area contributed by atoms with Gasteiger partial charge >= 0.3 is 0 Å². The highest BCUT2D eigenvalue weighted by molar-refractivity contribution is 5.90. The molecule has 1 fully saturated rings. The summed E-state index contributed by atoms with van der Waals surface area (Å²) in [7, 11) is 0. The maximum Gasteiger partial charge on any atom is 0.255 e. The van der Waals surface area contributed by atoms with Crippen molar-refractivity contribution in [3.63, 3.8) is 0 Å². The molecule has 0 bridgehead atoms. The predicted molar refractivity (Wildman–Crippen MR) is 83.9 cm³/mol. The number of nitrogens with one attached hydrogen (secondary N) is 4. The Balaban J connectivity index is 1.53. The van der Waals surface area contributed by atoms with Gasteiger partial charge in [-0.25, -0.2) is 0 Å². The van der Waals surface area contributed by atoms with Crippen LogP contribution in [0.2, 0.25) is 0 Å². The second-order valence-corrected chi connectivity index (χ2v) is 5.88. The van der Waals surface area contributed by atoms with E-state index in [0.717, 1.165) is 29.4 Å². The van der Waals surface area contributed by atoms with E-state index in [1.54, 1.807) is 0 Å². The summed E-state index contributed by atoms with van der Waals surface area (Å²) in [5.74, 6) is 0.0680. The molecule has 2 atom stereocenters. The molecule has 0 spiro atoms. The number of aromatic amines is 1. The van der Waals surface area contributed by atoms with Gasteiger partial charge in [0, 0.05) is 17.1 Å². The molecule has 4 N–H and O–H groups in total. The Morgan fingerprint density at radius 3 is 2.86 bits per heavy atom. The molecule has 1 aliphatic heterocycles. The van der Waals surface area contributed by atoms with Crippen LogP contribution < -0.4 is 16.2 Å². The zero-order valence-corrected chi connectivity index (χ0v) is 12.5. The molecule has 3 rings (SSSR count). The monoisotopic (exact) mass is 300 g/mol. The molecule has 2 heterocycles. The molecule has 0 radical (unpaired) electrons. The fourth-order valence-electron chi connectivity index (χ4n) is 2.83. The van der Waals surface area contributed by atoms with Crippen LogP contribution >= 0.6 is 0 Å². The fourth-order valence-corrected chi connectivity index (χ4v) is 2.83. The van der Waals surface area contributed by atoms with Gasteiger partial charge in [-0.05, 0) is 30.5 Å². The van der Waals surface area contributed by atoms with Gasteiger partial charge in [-0.1, -0.05) is 25.1 Å². The number of hydrogen-bond donors (Lipinski definition) is 4. The van der Waals surface area contributed by atoms with Crippen molar-refractivity contribution in [3.8, 4) is 0 Å². The molecule has 6 nitrogen and oxygen atoms in total. The number of carbonyl (C=O) groups excluding carboxylic acids is 2. The van der Waals surface area contributed by atoms with Gasteiger partial charge in [-0.15, -0.1) is 0 Å². The third-order valence-electron chi connectivity index (χ3n) is 4.02. The highest BCUT2D eigenvalue weighted by Crippen LogP contribution is 2.17. The largest absolute Gasteiger partial charge is 0.361 e. The summed E-state index contributed by atoms with van der Waals surface area (Å²) >= 11 is 0. The second-order valence-electron chi connectivity index (χ2n) is 5.88. The average molecular weight is 300 g/mol. The highest BCUT2D eigenvalue weighted by atomic mass is 16.2. The van der Waals surface area contributed by atoms with E-state index in [-0.39, 0.29) is 24.3 Å². The Bertz CT molecular complexity index is 694. The van der Waals surface area contributed by atoms with Gasteiger partial charge in [0.05, 0.1) is 12.5 Å². The van der Waals surface area contributed by atoms with Crippen molar-refractivity contribution < 1.29 is 9.59 Å². The molecule has 6 heteroatoms. The summed E-state index contributed by atoms with van der Waals surface area (Å²) in [6.07, 6.45) is 2.84. The molecule has 0 aliphatic carbocycles. The third kappa shape index (κ3) is 3.12. The van der Waals surface area contributed by atoms with Crippen molar-refractivity contribution in [2.45, 2.75) is 25.8 Å². The molecule has 22 heavy (non-hydrogen) atoms. The Morgan fingerprint density at radius 1 is 1.27 bits per heavy atom. The van der Waals surface area contributed by atoms with Crippen LogP contribution in [0.1, 0.15) is 18.9 Å². The van der Waals surface area contributed by atoms with Crippen LogP contribution in [0.5, 0.6) is 0 Å². The molecule has 116 valence electrons. The van der Waals surface area contributed by atoms with E-state index < -0.39 is 0 Å². The summed E-state index contributed by atoms with van der Waals surface area (Å²) in [6.45, 7) is 2.93. The minimum atomic E-state index is -0.232. The minimum Gasteiger partial charge on any atom is -0.361 e. The van der Waals surface area contributed by atoms with Gasteiger partial charge in [-0.2, -0.15) is 0 Å². The number of fused-ring (bicyclic) bond motifs is 1. The van der Waals surface area contributed by atoms with Gasteiger partial charge in [0.1, 0.15) is 0 Å². The molecule has 2 amide bonds. The van der Waals surface area contributed by atoms with Crippen LogP contribution in [0, 0.1) is 5.92 Å². The number of carbonyl (C=O) groups is 2. The lowest BCUT2D eigenvalue weighted by atomic mass is 10.1. The van der Waals surface area contributed by atoms with E-state index in [4.69, 9.17) is 0 Å². The molecular weight excluding hydrogens is 280 g/mol. The molecular formula is C16H20N4O2. The van der Waals surface area contributed by atoms with Crippen LogP contribution in [0.15, 0.2) is 30.5 Å². The summed E-state index contributed by atoms with van der Waals surface area (Å²) in [6, 6.07) is 7.59. The number of amides is 2. The summed E-state index contributed by atoms with van der Waals surface area (Å²) in [5.41, 5.74) is 6.89. The first-order valence-corrected chi connectivity index (χ1v) is 7.50. The van der Waals surface area contributed by atoms with Crippen LogP contribution in [0.3, 0.4) is 0 Å². The lowest BCUT2D eigenvalue weighted by Gasteiger charge is -2.12. The van der Waals surface area contributed by atoms with Gasteiger partial charge in [-0.3, -0.25) is 20.4 Å². The Labute approximate surface area is 128 Å². The molecule has 1 aliphatic rings. The molecule has 2 unspecified atom stereocenters. The maximum atomic E-state index is 12.0. The standard InChI is InChI=1S/C16H20N4O2/c1-10-6-14(17-8-10)16(22)20-19-15(21)7-11-9-18-13-5-3-2-4-12(11)13/h2-5,9-10,14,17-18H,6-8H2,1H3,(H,19,21)(H,20,22). The zero-order valence-electron chi connectivity index (χ0n) is 12.5. The maximum absolute atomic E-state index is 12.0. The molecule has 2 aromatic rings. The number of hydrazine groups is 1. The number of benzene rings is 1. The molecule has 1 aromatic heterocycles. The van der Waals surface area contributed by atoms with Crippen LogP contribution in [-0.4, -0.2) is 29.4 Å². The molecule has 0 saturated carbocycles. The molecule has 1 aromatic carbocycles. The van der Waals surface area contributed by atoms with Gasteiger partial charge in [0.25, 0.3) is 5.91 Å². The van der Waals surface area contributed by atoms with Crippen molar-refractivity contribution in [3.05, 3.63) is 36.0 Å². The van der Waals surface area contributed by atoms with E-state index in [2.05, 4.69) is 28.1 Å². The first kappa shape index (κ1) is 14.6. The van der Waals surface area contributed by atoms with Gasteiger partial charge in [0.15, 0.2) is 0 Å². The Morgan fingerprint density at radius 2 is 2.09 bits per heavy atom. The lowest BCUT2D eigenvalue weighted by Crippen LogP contribution is -2.49. The number of hydrogen-bond acceptors (Lipinski definition) is 3. The van der Waals surface area contributed by atoms with Crippen LogP contribution in [0.4, 0.5) is 0 Å². The zero-order chi connectivity index (χ0) is 15.5. The Kier molecular flexibility index (Phi) is 4.11. The topological polar surface area (TPSA) is 86.0 Å². The van der Waals surface area contributed by atoms with Gasteiger partial charge in [0.2, 0.25) is 5.91 Å². The summed E-state index contributed by atoms with van der Waals surface area (Å²) in [4.78, 5) is 27.0. The second kappa shape index (κ2) is 6.19. The van der Waals surface area contributed by atoms with E-state index in [1.165, 1.54) is 0 Å².